The van der Waals surface area contributed by atoms with E-state index in [2.05, 4.69) is 12.6 Å². The fourth-order valence-electron chi connectivity index (χ4n) is 0.943. The van der Waals surface area contributed by atoms with Crippen molar-refractivity contribution < 1.29 is 4.74 Å². The summed E-state index contributed by atoms with van der Waals surface area (Å²) >= 11 is 8.61. The number of hydrogen-bond donors (Lipinski definition) is 1. The predicted octanol–water partition coefficient (Wildman–Crippen LogP) is 2.98. The van der Waals surface area contributed by atoms with E-state index in [1.54, 1.807) is 0 Å². The van der Waals surface area contributed by atoms with Crippen molar-refractivity contribution in [3.63, 3.8) is 0 Å². The molecular formula is C9H10OS2. The Kier molecular flexibility index (Phi) is 3.56. The topological polar surface area (TPSA) is 9.23 Å². The maximum atomic E-state index is 5.23. The van der Waals surface area contributed by atoms with Crippen LogP contribution in [0.3, 0.4) is 0 Å². The first-order valence-electron chi connectivity index (χ1n) is 3.64. The molecular weight excluding hydrogens is 188 g/mol. The van der Waals surface area contributed by atoms with Crippen LogP contribution in [0.25, 0.3) is 0 Å². The highest BCUT2D eigenvalue weighted by atomic mass is 32.1. The molecule has 1 rings (SSSR count). The van der Waals surface area contributed by atoms with Crippen molar-refractivity contribution in [2.24, 2.45) is 0 Å². The molecule has 0 aliphatic rings. The fraction of sp³-hybridized carbons (Fsp3) is 0.222. The average Bonchev–Trinajstić information content (AvgIpc) is 2.05. The van der Waals surface area contributed by atoms with Crippen molar-refractivity contribution >= 4 is 29.2 Å². The normalized spacial score (nSPS) is 12.2. The predicted molar refractivity (Wildman–Crippen MR) is 57.5 cm³/mol. The van der Waals surface area contributed by atoms with Gasteiger partial charge in [0.2, 0.25) is 4.38 Å². The first kappa shape index (κ1) is 9.55. The molecule has 0 fully saturated rings. The zero-order valence-electron chi connectivity index (χ0n) is 6.73. The van der Waals surface area contributed by atoms with Crippen LogP contribution >= 0.6 is 24.8 Å². The summed E-state index contributed by atoms with van der Waals surface area (Å²) in [6, 6.07) is 9.90. The molecule has 64 valence electrons. The number of ether oxygens (including phenoxy) is 1. The zero-order valence-corrected chi connectivity index (χ0v) is 8.44. The van der Waals surface area contributed by atoms with Crippen LogP contribution in [0.2, 0.25) is 0 Å². The lowest BCUT2D eigenvalue weighted by atomic mass is 10.1. The lowest BCUT2D eigenvalue weighted by molar-refractivity contribution is 0.227. The second kappa shape index (κ2) is 4.48. The Morgan fingerprint density at radius 2 is 2.00 bits per heavy atom. The quantitative estimate of drug-likeness (QED) is 0.578. The Labute approximate surface area is 83.2 Å². The van der Waals surface area contributed by atoms with Crippen molar-refractivity contribution in [1.29, 1.82) is 0 Å². The van der Waals surface area contributed by atoms with Gasteiger partial charge in [0.05, 0.1) is 0 Å². The van der Waals surface area contributed by atoms with Crippen LogP contribution in [0, 0.1) is 0 Å². The van der Waals surface area contributed by atoms with Crippen LogP contribution in [0.1, 0.15) is 18.6 Å². The molecule has 1 nitrogen and oxygen atoms in total. The van der Waals surface area contributed by atoms with Gasteiger partial charge in [-0.1, -0.05) is 43.0 Å². The third-order valence-electron chi connectivity index (χ3n) is 1.55. The van der Waals surface area contributed by atoms with E-state index in [0.29, 0.717) is 0 Å². The molecule has 1 aromatic carbocycles. The van der Waals surface area contributed by atoms with E-state index in [0.717, 1.165) is 5.56 Å². The smallest absolute Gasteiger partial charge is 0.217 e. The molecule has 0 N–H and O–H groups in total. The molecule has 0 spiro atoms. The van der Waals surface area contributed by atoms with Crippen LogP contribution in [0.4, 0.5) is 0 Å². The monoisotopic (exact) mass is 198 g/mol. The number of thiol groups is 1. The minimum atomic E-state index is -0.0174. The molecule has 0 bridgehead atoms. The highest BCUT2D eigenvalue weighted by molar-refractivity contribution is 8.10. The van der Waals surface area contributed by atoms with E-state index in [-0.39, 0.29) is 10.5 Å². The van der Waals surface area contributed by atoms with Crippen molar-refractivity contribution in [2.75, 3.05) is 0 Å². The Morgan fingerprint density at radius 3 is 2.50 bits per heavy atom. The standard InChI is InChI=1S/C9H10OS2/c1-7(10-9(11)12)8-5-3-2-4-6-8/h2-7H,1H3,(H,11,12). The fourth-order valence-corrected chi connectivity index (χ4v) is 1.25. The van der Waals surface area contributed by atoms with Gasteiger partial charge in [0.1, 0.15) is 6.10 Å². The molecule has 1 atom stereocenters. The van der Waals surface area contributed by atoms with Gasteiger partial charge in [-0.3, -0.25) is 0 Å². The van der Waals surface area contributed by atoms with Crippen LogP contribution in [-0.2, 0) is 4.74 Å². The van der Waals surface area contributed by atoms with Gasteiger partial charge in [0.15, 0.2) is 0 Å². The van der Waals surface area contributed by atoms with Gasteiger partial charge < -0.3 is 4.74 Å². The number of thiocarbonyl (C=S) groups is 1. The summed E-state index contributed by atoms with van der Waals surface area (Å²) in [7, 11) is 0. The Morgan fingerprint density at radius 1 is 1.42 bits per heavy atom. The molecule has 0 saturated heterocycles. The maximum Gasteiger partial charge on any atom is 0.217 e. The Bertz CT molecular complexity index is 258. The van der Waals surface area contributed by atoms with E-state index in [9.17, 15) is 0 Å². The van der Waals surface area contributed by atoms with Crippen LogP contribution in [0.15, 0.2) is 30.3 Å². The Balaban J connectivity index is 2.65. The summed E-state index contributed by atoms with van der Waals surface area (Å²) in [5.74, 6) is 0. The summed E-state index contributed by atoms with van der Waals surface area (Å²) in [4.78, 5) is 0. The van der Waals surface area contributed by atoms with Gasteiger partial charge in [-0.2, -0.15) is 0 Å². The molecule has 0 amide bonds. The van der Waals surface area contributed by atoms with E-state index in [4.69, 9.17) is 17.0 Å². The number of hydrogen-bond acceptors (Lipinski definition) is 2. The first-order chi connectivity index (χ1) is 5.70. The summed E-state index contributed by atoms with van der Waals surface area (Å²) in [5, 5.41) is 0. The van der Waals surface area contributed by atoms with Gasteiger partial charge in [-0.05, 0) is 24.7 Å². The molecule has 0 aliphatic carbocycles. The van der Waals surface area contributed by atoms with Crippen molar-refractivity contribution in [1.82, 2.24) is 0 Å². The first-order valence-corrected chi connectivity index (χ1v) is 4.50. The van der Waals surface area contributed by atoms with E-state index in [1.165, 1.54) is 0 Å². The van der Waals surface area contributed by atoms with Gasteiger partial charge in [0, 0.05) is 0 Å². The molecule has 0 radical (unpaired) electrons. The summed E-state index contributed by atoms with van der Waals surface area (Å²) in [5.41, 5.74) is 1.11. The minimum absolute atomic E-state index is 0.0174. The second-order valence-electron chi connectivity index (χ2n) is 2.44. The summed E-state index contributed by atoms with van der Waals surface area (Å²) in [6.07, 6.45) is -0.0174. The molecule has 0 heterocycles. The van der Waals surface area contributed by atoms with Crippen LogP contribution in [0.5, 0.6) is 0 Å². The summed E-state index contributed by atoms with van der Waals surface area (Å²) in [6.45, 7) is 1.94. The summed E-state index contributed by atoms with van der Waals surface area (Å²) < 4.78 is 5.52. The van der Waals surface area contributed by atoms with Crippen molar-refractivity contribution in [2.45, 2.75) is 13.0 Å². The molecule has 1 aromatic rings. The van der Waals surface area contributed by atoms with Gasteiger partial charge in [0.25, 0.3) is 0 Å². The number of rotatable bonds is 2. The zero-order chi connectivity index (χ0) is 8.97. The van der Waals surface area contributed by atoms with E-state index >= 15 is 0 Å². The third-order valence-corrected chi connectivity index (χ3v) is 1.75. The van der Waals surface area contributed by atoms with Crippen molar-refractivity contribution in [3.8, 4) is 0 Å². The van der Waals surface area contributed by atoms with Gasteiger partial charge in [-0.25, -0.2) is 0 Å². The molecule has 12 heavy (non-hydrogen) atoms. The van der Waals surface area contributed by atoms with Crippen LogP contribution in [-0.4, -0.2) is 4.38 Å². The third kappa shape index (κ3) is 2.83. The van der Waals surface area contributed by atoms with Crippen molar-refractivity contribution in [3.05, 3.63) is 35.9 Å². The maximum absolute atomic E-state index is 5.23. The average molecular weight is 198 g/mol. The lowest BCUT2D eigenvalue weighted by Gasteiger charge is -2.12. The molecule has 0 aromatic heterocycles. The molecule has 1 unspecified atom stereocenters. The minimum Gasteiger partial charge on any atom is -0.471 e. The van der Waals surface area contributed by atoms with Gasteiger partial charge in [-0.15, -0.1) is 0 Å². The highest BCUT2D eigenvalue weighted by Gasteiger charge is 2.04. The van der Waals surface area contributed by atoms with Crippen LogP contribution < -0.4 is 0 Å². The number of benzene rings is 1. The molecule has 3 heteroatoms. The molecule has 0 aliphatic heterocycles. The van der Waals surface area contributed by atoms with E-state index in [1.807, 2.05) is 37.3 Å². The SMILES string of the molecule is CC(OC(=S)S)c1ccccc1. The van der Waals surface area contributed by atoms with Gasteiger partial charge >= 0.3 is 0 Å². The Hall–Kier alpha value is -0.540. The lowest BCUT2D eigenvalue weighted by Crippen LogP contribution is -2.00. The second-order valence-corrected chi connectivity index (χ2v) is 3.52. The largest absolute Gasteiger partial charge is 0.471 e. The molecule has 0 saturated carbocycles. The highest BCUT2D eigenvalue weighted by Crippen LogP contribution is 2.16. The van der Waals surface area contributed by atoms with E-state index < -0.39 is 0 Å².